The van der Waals surface area contributed by atoms with Gasteiger partial charge >= 0.3 is 0 Å². The summed E-state index contributed by atoms with van der Waals surface area (Å²) in [5, 5.41) is 13.5. The predicted octanol–water partition coefficient (Wildman–Crippen LogP) is 1.59. The van der Waals surface area contributed by atoms with Crippen molar-refractivity contribution in [2.75, 3.05) is 46.4 Å². The number of carbonyl (C=O) groups excluding carboxylic acids is 1. The monoisotopic (exact) mass is 362 g/mol. The maximum atomic E-state index is 12.3. The smallest absolute Gasteiger partial charge is 0.221 e. The summed E-state index contributed by atoms with van der Waals surface area (Å²) in [5.41, 5.74) is 1.12. The third-order valence-corrected chi connectivity index (χ3v) is 4.64. The number of nitrogens with one attached hydrogen (secondary N) is 4. The van der Waals surface area contributed by atoms with Crippen molar-refractivity contribution in [3.8, 4) is 5.75 Å². The number of hydrogen-bond acceptors (Lipinski definition) is 5. The average Bonchev–Trinajstić information content (AvgIpc) is 2.67. The van der Waals surface area contributed by atoms with E-state index in [1.165, 1.54) is 12.8 Å². The van der Waals surface area contributed by atoms with Crippen LogP contribution in [0.1, 0.15) is 43.7 Å². The maximum Gasteiger partial charge on any atom is 0.221 e. The van der Waals surface area contributed by atoms with Crippen molar-refractivity contribution >= 4 is 5.91 Å². The predicted molar refractivity (Wildman–Crippen MR) is 106 cm³/mol. The Morgan fingerprint density at radius 3 is 2.12 bits per heavy atom. The Morgan fingerprint density at radius 2 is 1.46 bits per heavy atom. The molecule has 0 spiro atoms. The van der Waals surface area contributed by atoms with Gasteiger partial charge in [0.05, 0.1) is 7.11 Å². The Kier molecular flexibility index (Phi) is 10.1. The number of methoxy groups -OCH3 is 1. The second-order valence-electron chi connectivity index (χ2n) is 6.75. The van der Waals surface area contributed by atoms with Crippen molar-refractivity contribution < 1.29 is 9.53 Å². The summed E-state index contributed by atoms with van der Waals surface area (Å²) in [6.07, 6.45) is 4.85. The molecule has 26 heavy (non-hydrogen) atoms. The van der Waals surface area contributed by atoms with Gasteiger partial charge in [0.15, 0.2) is 0 Å². The first-order valence-corrected chi connectivity index (χ1v) is 9.85. The highest BCUT2D eigenvalue weighted by Gasteiger charge is 2.15. The van der Waals surface area contributed by atoms with Crippen LogP contribution in [-0.4, -0.2) is 52.3 Å². The van der Waals surface area contributed by atoms with Crippen LogP contribution in [-0.2, 0) is 4.79 Å². The van der Waals surface area contributed by atoms with Gasteiger partial charge in [-0.25, -0.2) is 0 Å². The molecule has 0 aromatic heterocycles. The molecule has 1 saturated heterocycles. The fraction of sp³-hybridized carbons (Fsp3) is 0.650. The fourth-order valence-corrected chi connectivity index (χ4v) is 3.08. The summed E-state index contributed by atoms with van der Waals surface area (Å²) in [6.45, 7) is 5.69. The molecular formula is C20H34N4O2. The van der Waals surface area contributed by atoms with E-state index < -0.39 is 0 Å². The minimum atomic E-state index is 0.0229. The van der Waals surface area contributed by atoms with E-state index in [4.69, 9.17) is 4.74 Å². The van der Waals surface area contributed by atoms with E-state index in [0.29, 0.717) is 6.42 Å². The Balaban J connectivity index is 1.92. The standard InChI is InChI=1S/C20H34N4O2/c1-26-18-8-6-17(7-9-18)19-16-20(25)24-15-5-13-22-11-3-2-10-21-12-4-14-23-19/h6-9,19,21-23H,2-5,10-16H2,1H3,(H,24,25)/t19-/m0/s1. The molecule has 0 aliphatic carbocycles. The van der Waals surface area contributed by atoms with Crippen molar-refractivity contribution in [1.82, 2.24) is 21.3 Å². The third-order valence-electron chi connectivity index (χ3n) is 4.64. The van der Waals surface area contributed by atoms with Crippen LogP contribution in [0.4, 0.5) is 0 Å². The van der Waals surface area contributed by atoms with Gasteiger partial charge in [0.2, 0.25) is 5.91 Å². The summed E-state index contributed by atoms with van der Waals surface area (Å²) >= 11 is 0. The zero-order valence-corrected chi connectivity index (χ0v) is 16.0. The summed E-state index contributed by atoms with van der Waals surface area (Å²) in [5.74, 6) is 0.930. The van der Waals surface area contributed by atoms with Crippen LogP contribution in [0.5, 0.6) is 5.75 Å². The van der Waals surface area contributed by atoms with E-state index in [1.54, 1.807) is 7.11 Å². The second kappa shape index (κ2) is 12.7. The van der Waals surface area contributed by atoms with Gasteiger partial charge in [0.1, 0.15) is 5.75 Å². The molecule has 1 aromatic rings. The highest BCUT2D eigenvalue weighted by Crippen LogP contribution is 2.20. The lowest BCUT2D eigenvalue weighted by atomic mass is 10.0. The molecule has 4 N–H and O–H groups in total. The van der Waals surface area contributed by atoms with Crippen LogP contribution >= 0.6 is 0 Å². The highest BCUT2D eigenvalue weighted by atomic mass is 16.5. The van der Waals surface area contributed by atoms with Crippen LogP contribution in [0, 0.1) is 0 Å². The molecule has 0 bridgehead atoms. The van der Waals surface area contributed by atoms with Crippen molar-refractivity contribution in [2.24, 2.45) is 0 Å². The SMILES string of the molecule is COc1ccc([C@@H]2CC(=O)NCCCNCCCCNCCCN2)cc1. The van der Waals surface area contributed by atoms with E-state index in [-0.39, 0.29) is 11.9 Å². The number of hydrogen-bond donors (Lipinski definition) is 4. The first-order valence-electron chi connectivity index (χ1n) is 9.85. The van der Waals surface area contributed by atoms with Gasteiger partial charge in [-0.05, 0) is 76.1 Å². The van der Waals surface area contributed by atoms with Crippen molar-refractivity contribution in [3.05, 3.63) is 29.8 Å². The Bertz CT molecular complexity index is 507. The van der Waals surface area contributed by atoms with Crippen LogP contribution in [0.3, 0.4) is 0 Å². The molecule has 0 saturated carbocycles. The van der Waals surface area contributed by atoms with Gasteiger partial charge in [-0.15, -0.1) is 0 Å². The molecule has 1 amide bonds. The molecule has 1 aromatic carbocycles. The topological polar surface area (TPSA) is 74.4 Å². The first-order chi connectivity index (χ1) is 12.8. The largest absolute Gasteiger partial charge is 0.497 e. The number of amides is 1. The average molecular weight is 363 g/mol. The summed E-state index contributed by atoms with van der Waals surface area (Å²) in [7, 11) is 1.66. The number of benzene rings is 1. The van der Waals surface area contributed by atoms with E-state index >= 15 is 0 Å². The maximum absolute atomic E-state index is 12.3. The third kappa shape index (κ3) is 8.17. The summed E-state index contributed by atoms with van der Waals surface area (Å²) in [6, 6.07) is 7.99. The molecule has 1 aliphatic heterocycles. The fourth-order valence-electron chi connectivity index (χ4n) is 3.08. The lowest BCUT2D eigenvalue weighted by molar-refractivity contribution is -0.121. The van der Waals surface area contributed by atoms with E-state index in [9.17, 15) is 4.79 Å². The van der Waals surface area contributed by atoms with E-state index in [1.807, 2.05) is 24.3 Å². The van der Waals surface area contributed by atoms with Gasteiger partial charge in [0.25, 0.3) is 0 Å². The molecule has 0 radical (unpaired) electrons. The van der Waals surface area contributed by atoms with Gasteiger partial charge < -0.3 is 26.0 Å². The zero-order valence-electron chi connectivity index (χ0n) is 16.0. The molecule has 146 valence electrons. The molecule has 6 heteroatoms. The molecular weight excluding hydrogens is 328 g/mol. The molecule has 1 fully saturated rings. The Labute approximate surface area is 157 Å². The van der Waals surface area contributed by atoms with Crippen molar-refractivity contribution in [2.45, 2.75) is 38.1 Å². The summed E-state index contributed by atoms with van der Waals surface area (Å²) < 4.78 is 5.23. The molecule has 1 aliphatic rings. The van der Waals surface area contributed by atoms with Gasteiger partial charge in [-0.2, -0.15) is 0 Å². The van der Waals surface area contributed by atoms with Crippen LogP contribution in [0.25, 0.3) is 0 Å². The lowest BCUT2D eigenvalue weighted by Crippen LogP contribution is -2.33. The molecule has 6 nitrogen and oxygen atoms in total. The molecule has 1 atom stereocenters. The quantitative estimate of drug-likeness (QED) is 0.643. The highest BCUT2D eigenvalue weighted by molar-refractivity contribution is 5.76. The van der Waals surface area contributed by atoms with Gasteiger partial charge in [-0.3, -0.25) is 4.79 Å². The number of carbonyl (C=O) groups is 1. The number of ether oxygens (including phenoxy) is 1. The number of rotatable bonds is 2. The van der Waals surface area contributed by atoms with Crippen molar-refractivity contribution in [3.63, 3.8) is 0 Å². The van der Waals surface area contributed by atoms with Gasteiger partial charge in [-0.1, -0.05) is 12.1 Å². The normalized spacial score (nSPS) is 22.2. The molecule has 0 unspecified atom stereocenters. The Hall–Kier alpha value is -1.63. The summed E-state index contributed by atoms with van der Waals surface area (Å²) in [4.78, 5) is 12.3. The van der Waals surface area contributed by atoms with Gasteiger partial charge in [0, 0.05) is 19.0 Å². The van der Waals surface area contributed by atoms with E-state index in [0.717, 1.165) is 63.4 Å². The van der Waals surface area contributed by atoms with Crippen LogP contribution in [0.2, 0.25) is 0 Å². The molecule has 1 heterocycles. The zero-order chi connectivity index (χ0) is 18.5. The van der Waals surface area contributed by atoms with Crippen LogP contribution < -0.4 is 26.0 Å². The Morgan fingerprint density at radius 1 is 0.846 bits per heavy atom. The van der Waals surface area contributed by atoms with E-state index in [2.05, 4.69) is 21.3 Å². The first kappa shape index (κ1) is 20.7. The van der Waals surface area contributed by atoms with Crippen LogP contribution in [0.15, 0.2) is 24.3 Å². The minimum Gasteiger partial charge on any atom is -0.497 e. The van der Waals surface area contributed by atoms with Crippen molar-refractivity contribution in [1.29, 1.82) is 0 Å². The lowest BCUT2D eigenvalue weighted by Gasteiger charge is -2.19. The second-order valence-corrected chi connectivity index (χ2v) is 6.75. The molecule has 2 rings (SSSR count). The minimum absolute atomic E-state index is 0.0229.